The predicted octanol–water partition coefficient (Wildman–Crippen LogP) is 3.71. The molecule has 3 rings (SSSR count). The molecule has 0 bridgehead atoms. The van der Waals surface area contributed by atoms with Gasteiger partial charge in [0.2, 0.25) is 9.84 Å². The van der Waals surface area contributed by atoms with Gasteiger partial charge < -0.3 is 5.32 Å². The molecule has 110 valence electrons. The van der Waals surface area contributed by atoms with Crippen LogP contribution >= 0.6 is 0 Å². The van der Waals surface area contributed by atoms with Gasteiger partial charge in [0.1, 0.15) is 5.82 Å². The van der Waals surface area contributed by atoms with Crippen molar-refractivity contribution in [3.63, 3.8) is 0 Å². The van der Waals surface area contributed by atoms with Gasteiger partial charge in [-0.15, -0.1) is 0 Å². The minimum atomic E-state index is -3.71. The van der Waals surface area contributed by atoms with E-state index in [2.05, 4.69) is 19.2 Å². The van der Waals surface area contributed by atoms with Gasteiger partial charge in [-0.05, 0) is 41.3 Å². The summed E-state index contributed by atoms with van der Waals surface area (Å²) in [6.07, 6.45) is 0. The second kappa shape index (κ2) is 4.84. The van der Waals surface area contributed by atoms with Gasteiger partial charge >= 0.3 is 0 Å². The molecule has 21 heavy (non-hydrogen) atoms. The van der Waals surface area contributed by atoms with E-state index in [1.54, 1.807) is 6.07 Å². The highest BCUT2D eigenvalue weighted by atomic mass is 32.2. The summed E-state index contributed by atoms with van der Waals surface area (Å²) in [4.78, 5) is 0.252. The Morgan fingerprint density at radius 3 is 2.57 bits per heavy atom. The smallest absolute Gasteiger partial charge is 0.209 e. The van der Waals surface area contributed by atoms with Gasteiger partial charge in [-0.1, -0.05) is 26.0 Å². The molecule has 1 N–H and O–H groups in total. The molecule has 0 aliphatic carbocycles. The van der Waals surface area contributed by atoms with Crippen LogP contribution in [0.3, 0.4) is 0 Å². The maximum atomic E-state index is 13.4. The molecule has 2 aromatic rings. The highest BCUT2D eigenvalue weighted by molar-refractivity contribution is 7.91. The summed E-state index contributed by atoms with van der Waals surface area (Å²) in [6.45, 7) is 4.53. The lowest BCUT2D eigenvalue weighted by molar-refractivity contribution is 0.591. The Bertz CT molecular complexity index is 813. The molecule has 0 saturated heterocycles. The molecule has 3 nitrogen and oxygen atoms in total. The predicted molar refractivity (Wildman–Crippen MR) is 79.7 cm³/mol. The summed E-state index contributed by atoms with van der Waals surface area (Å²) >= 11 is 0. The van der Waals surface area contributed by atoms with E-state index in [0.717, 1.165) is 17.2 Å². The molecule has 0 atom stereocenters. The Labute approximate surface area is 123 Å². The van der Waals surface area contributed by atoms with Crippen LogP contribution in [0.1, 0.15) is 30.9 Å². The summed E-state index contributed by atoms with van der Waals surface area (Å²) < 4.78 is 38.9. The first-order valence-electron chi connectivity index (χ1n) is 6.81. The molecule has 2 aromatic carbocycles. The van der Waals surface area contributed by atoms with Crippen molar-refractivity contribution in [1.29, 1.82) is 0 Å². The number of anilines is 1. The fraction of sp³-hybridized carbons (Fsp3) is 0.250. The third-order valence-electron chi connectivity index (χ3n) is 3.74. The molecule has 1 aliphatic heterocycles. The molecule has 1 aliphatic rings. The third-order valence-corrected chi connectivity index (χ3v) is 5.64. The van der Waals surface area contributed by atoms with E-state index < -0.39 is 15.7 Å². The van der Waals surface area contributed by atoms with Crippen molar-refractivity contribution in [3.8, 4) is 0 Å². The first kappa shape index (κ1) is 14.1. The molecule has 0 fully saturated rings. The highest BCUT2D eigenvalue weighted by Crippen LogP contribution is 2.35. The van der Waals surface area contributed by atoms with Gasteiger partial charge in [0, 0.05) is 6.54 Å². The molecule has 0 saturated carbocycles. The van der Waals surface area contributed by atoms with Crippen LogP contribution in [-0.2, 0) is 16.4 Å². The van der Waals surface area contributed by atoms with Crippen LogP contribution in [0.25, 0.3) is 0 Å². The van der Waals surface area contributed by atoms with E-state index in [1.807, 2.05) is 12.1 Å². The van der Waals surface area contributed by atoms with Crippen LogP contribution in [0, 0.1) is 5.82 Å². The fourth-order valence-electron chi connectivity index (χ4n) is 2.53. The van der Waals surface area contributed by atoms with Crippen molar-refractivity contribution < 1.29 is 12.8 Å². The molecule has 0 spiro atoms. The normalized spacial score (nSPS) is 15.8. The second-order valence-electron chi connectivity index (χ2n) is 5.52. The number of rotatable bonds is 1. The van der Waals surface area contributed by atoms with E-state index >= 15 is 0 Å². The molecule has 0 radical (unpaired) electrons. The molecular weight excluding hydrogens is 289 g/mol. The van der Waals surface area contributed by atoms with Crippen LogP contribution in [0.5, 0.6) is 0 Å². The minimum absolute atomic E-state index is 0.00135. The lowest BCUT2D eigenvalue weighted by Crippen LogP contribution is -2.05. The number of fused-ring (bicyclic) bond motifs is 2. The van der Waals surface area contributed by atoms with Crippen LogP contribution in [-0.4, -0.2) is 8.42 Å². The monoisotopic (exact) mass is 305 g/mol. The molecule has 1 heterocycles. The fourth-order valence-corrected chi connectivity index (χ4v) is 4.19. The van der Waals surface area contributed by atoms with Crippen molar-refractivity contribution in [2.24, 2.45) is 0 Å². The lowest BCUT2D eigenvalue weighted by Gasteiger charge is -2.11. The van der Waals surface area contributed by atoms with Gasteiger partial charge in [0.05, 0.1) is 15.5 Å². The highest BCUT2D eigenvalue weighted by Gasteiger charge is 2.28. The van der Waals surface area contributed by atoms with Crippen molar-refractivity contribution in [2.45, 2.75) is 36.1 Å². The zero-order chi connectivity index (χ0) is 15.2. The summed E-state index contributed by atoms with van der Waals surface area (Å²) in [6, 6.07) is 9.16. The Morgan fingerprint density at radius 2 is 1.86 bits per heavy atom. The number of sulfone groups is 1. The van der Waals surface area contributed by atoms with Gasteiger partial charge in [0.15, 0.2) is 0 Å². The Hall–Kier alpha value is -1.88. The van der Waals surface area contributed by atoms with Crippen LogP contribution in [0.2, 0.25) is 0 Å². The summed E-state index contributed by atoms with van der Waals surface area (Å²) in [7, 11) is -3.71. The summed E-state index contributed by atoms with van der Waals surface area (Å²) in [5, 5.41) is 3.08. The zero-order valence-corrected chi connectivity index (χ0v) is 12.7. The van der Waals surface area contributed by atoms with Crippen molar-refractivity contribution in [3.05, 3.63) is 53.3 Å². The summed E-state index contributed by atoms with van der Waals surface area (Å²) in [5.41, 5.74) is 2.25. The number of hydrogen-bond acceptors (Lipinski definition) is 3. The maximum Gasteiger partial charge on any atom is 0.209 e. The largest absolute Gasteiger partial charge is 0.380 e. The number of halogens is 1. The van der Waals surface area contributed by atoms with E-state index in [1.165, 1.54) is 12.1 Å². The van der Waals surface area contributed by atoms with Crippen LogP contribution < -0.4 is 5.32 Å². The van der Waals surface area contributed by atoms with E-state index in [4.69, 9.17) is 0 Å². The Morgan fingerprint density at radius 1 is 1.10 bits per heavy atom. The quantitative estimate of drug-likeness (QED) is 0.873. The molecule has 0 amide bonds. The van der Waals surface area contributed by atoms with Gasteiger partial charge in [-0.2, -0.15) is 0 Å². The zero-order valence-electron chi connectivity index (χ0n) is 11.9. The average Bonchev–Trinajstić information content (AvgIpc) is 2.54. The minimum Gasteiger partial charge on any atom is -0.380 e. The second-order valence-corrected chi connectivity index (χ2v) is 7.41. The van der Waals surface area contributed by atoms with E-state index in [9.17, 15) is 12.8 Å². The van der Waals surface area contributed by atoms with Gasteiger partial charge in [0.25, 0.3) is 0 Å². The van der Waals surface area contributed by atoms with E-state index in [0.29, 0.717) is 18.2 Å². The first-order chi connectivity index (χ1) is 9.89. The van der Waals surface area contributed by atoms with Gasteiger partial charge in [-0.25, -0.2) is 12.8 Å². The number of hydrogen-bond donors (Lipinski definition) is 1. The standard InChI is InChI=1S/C16H16FNO2S/c1-10(2)11-3-6-15-12(7-11)9-18-14-5-4-13(17)8-16(14)21(15,19)20/h3-8,10,18H,9H2,1-2H3. The Balaban J connectivity index is 2.24. The van der Waals surface area contributed by atoms with Crippen molar-refractivity contribution >= 4 is 15.5 Å². The van der Waals surface area contributed by atoms with Crippen molar-refractivity contribution in [2.75, 3.05) is 5.32 Å². The lowest BCUT2D eigenvalue weighted by atomic mass is 10.0. The van der Waals surface area contributed by atoms with Crippen molar-refractivity contribution in [1.82, 2.24) is 0 Å². The Kier molecular flexibility index (Phi) is 3.24. The first-order valence-corrected chi connectivity index (χ1v) is 8.29. The maximum absolute atomic E-state index is 13.4. The van der Waals surface area contributed by atoms with Crippen LogP contribution in [0.15, 0.2) is 46.2 Å². The van der Waals surface area contributed by atoms with Gasteiger partial charge in [-0.3, -0.25) is 0 Å². The molecule has 0 aromatic heterocycles. The number of benzene rings is 2. The SMILES string of the molecule is CC(C)c1ccc2c(c1)CNc1ccc(F)cc1S2(=O)=O. The molecular formula is C16H16FNO2S. The van der Waals surface area contributed by atoms with Crippen LogP contribution in [0.4, 0.5) is 10.1 Å². The molecule has 5 heteroatoms. The van der Waals surface area contributed by atoms with E-state index in [-0.39, 0.29) is 9.79 Å². The number of nitrogens with one attached hydrogen (secondary N) is 1. The topological polar surface area (TPSA) is 46.2 Å². The third kappa shape index (κ3) is 2.31. The average molecular weight is 305 g/mol. The molecule has 0 unspecified atom stereocenters. The summed E-state index contributed by atoms with van der Waals surface area (Å²) in [5.74, 6) is -0.234.